The second kappa shape index (κ2) is 11.0. The predicted octanol–water partition coefficient (Wildman–Crippen LogP) is 5.34. The van der Waals surface area contributed by atoms with Crippen LogP contribution in [-0.2, 0) is 10.8 Å². The fourth-order valence-corrected chi connectivity index (χ4v) is 4.79. The molecule has 0 fully saturated rings. The summed E-state index contributed by atoms with van der Waals surface area (Å²) in [6.45, 7) is 11.1. The molecule has 0 bridgehead atoms. The van der Waals surface area contributed by atoms with Gasteiger partial charge in [-0.25, -0.2) is 0 Å². The second-order valence-electron chi connectivity index (χ2n) is 7.79. The molecule has 0 saturated carbocycles. The summed E-state index contributed by atoms with van der Waals surface area (Å²) in [5.41, 5.74) is 1.16. The summed E-state index contributed by atoms with van der Waals surface area (Å²) in [6.07, 6.45) is 5.22. The van der Waals surface area contributed by atoms with Gasteiger partial charge in [-0.3, -0.25) is 4.21 Å². The van der Waals surface area contributed by atoms with Crippen molar-refractivity contribution in [1.82, 2.24) is 0 Å². The first-order chi connectivity index (χ1) is 11.3. The Hall–Kier alpha value is -0.670. The van der Waals surface area contributed by atoms with Crippen LogP contribution in [0.1, 0.15) is 65.4 Å². The minimum absolute atomic E-state index is 0.341. The van der Waals surface area contributed by atoms with Gasteiger partial charge >= 0.3 is 0 Å². The Balaban J connectivity index is 2.36. The van der Waals surface area contributed by atoms with Crippen molar-refractivity contribution in [3.8, 4) is 0 Å². The van der Waals surface area contributed by atoms with Gasteiger partial charge in [0, 0.05) is 4.90 Å². The van der Waals surface area contributed by atoms with Crippen molar-refractivity contribution >= 4 is 10.8 Å². The van der Waals surface area contributed by atoms with E-state index in [2.05, 4.69) is 27.7 Å². The van der Waals surface area contributed by atoms with E-state index in [1.807, 2.05) is 31.2 Å². The van der Waals surface area contributed by atoms with Gasteiger partial charge in [0.2, 0.25) is 0 Å². The summed E-state index contributed by atoms with van der Waals surface area (Å²) in [4.78, 5) is 0.814. The molecule has 0 aliphatic rings. The molecule has 0 radical (unpaired) electrons. The number of aliphatic hydroxyl groups excluding tert-OH is 1. The maximum atomic E-state index is 12.3. The van der Waals surface area contributed by atoms with Crippen LogP contribution in [0.5, 0.6) is 0 Å². The van der Waals surface area contributed by atoms with Crippen LogP contribution in [0.4, 0.5) is 0 Å². The SMILES string of the molecule is CCC[C@@H](C)C[C@@H](C)C[C@@H](C)C[C@H](O)C[S@](=O)c1ccc(C)cc1. The highest BCUT2D eigenvalue weighted by Gasteiger charge is 2.17. The summed E-state index contributed by atoms with van der Waals surface area (Å²) in [6, 6.07) is 7.75. The maximum Gasteiger partial charge on any atom is 0.0661 e. The fourth-order valence-electron chi connectivity index (χ4n) is 3.67. The van der Waals surface area contributed by atoms with Gasteiger partial charge in [0.1, 0.15) is 0 Å². The zero-order valence-corrected chi connectivity index (χ0v) is 16.9. The van der Waals surface area contributed by atoms with E-state index in [-0.39, 0.29) is 0 Å². The highest BCUT2D eigenvalue weighted by Crippen LogP contribution is 2.25. The molecule has 0 aliphatic heterocycles. The first kappa shape index (κ1) is 21.4. The second-order valence-corrected chi connectivity index (χ2v) is 9.29. The molecule has 0 heterocycles. The lowest BCUT2D eigenvalue weighted by atomic mass is 9.86. The van der Waals surface area contributed by atoms with E-state index in [0.717, 1.165) is 29.2 Å². The van der Waals surface area contributed by atoms with E-state index in [1.165, 1.54) is 19.3 Å². The molecule has 1 rings (SSSR count). The Labute approximate surface area is 151 Å². The number of aryl methyl sites for hydroxylation is 1. The van der Waals surface area contributed by atoms with Gasteiger partial charge < -0.3 is 5.11 Å². The fraction of sp³-hybridized carbons (Fsp3) is 0.714. The van der Waals surface area contributed by atoms with Crippen LogP contribution < -0.4 is 0 Å². The lowest BCUT2D eigenvalue weighted by Gasteiger charge is -2.22. The summed E-state index contributed by atoms with van der Waals surface area (Å²) in [7, 11) is -1.11. The molecule has 0 aromatic heterocycles. The minimum atomic E-state index is -1.11. The third-order valence-corrected chi connectivity index (χ3v) is 6.18. The third-order valence-electron chi connectivity index (χ3n) is 4.69. The number of benzene rings is 1. The largest absolute Gasteiger partial charge is 0.392 e. The molecule has 0 spiro atoms. The van der Waals surface area contributed by atoms with Crippen molar-refractivity contribution in [2.24, 2.45) is 17.8 Å². The first-order valence-corrected chi connectivity index (χ1v) is 10.8. The molecule has 1 N–H and O–H groups in total. The van der Waals surface area contributed by atoms with Crippen LogP contribution in [0.2, 0.25) is 0 Å². The van der Waals surface area contributed by atoms with E-state index >= 15 is 0 Å². The van der Waals surface area contributed by atoms with Crippen LogP contribution in [0.3, 0.4) is 0 Å². The summed E-state index contributed by atoms with van der Waals surface area (Å²) >= 11 is 0. The Morgan fingerprint density at radius 3 is 2.08 bits per heavy atom. The van der Waals surface area contributed by atoms with Crippen LogP contribution in [-0.4, -0.2) is 21.2 Å². The zero-order chi connectivity index (χ0) is 18.1. The molecular formula is C21H36O2S. The van der Waals surface area contributed by atoms with E-state index in [1.54, 1.807) is 0 Å². The molecule has 138 valence electrons. The van der Waals surface area contributed by atoms with Crippen molar-refractivity contribution in [1.29, 1.82) is 0 Å². The van der Waals surface area contributed by atoms with Gasteiger partial charge in [0.25, 0.3) is 0 Å². The average Bonchev–Trinajstić information content (AvgIpc) is 2.47. The number of hydrogen-bond donors (Lipinski definition) is 1. The van der Waals surface area contributed by atoms with Crippen molar-refractivity contribution in [2.45, 2.75) is 77.7 Å². The summed E-state index contributed by atoms with van der Waals surface area (Å²) < 4.78 is 12.3. The molecule has 1 aromatic carbocycles. The molecular weight excluding hydrogens is 316 g/mol. The standard InChI is InChI=1S/C21H36O2S/c1-6-7-17(3)12-18(4)13-19(5)14-20(22)15-24(23)21-10-8-16(2)9-11-21/h8-11,17-20,22H,6-7,12-15H2,1-5H3/t17-,18-,19-,20+,24+/m1/s1. The van der Waals surface area contributed by atoms with E-state index in [9.17, 15) is 9.32 Å². The topological polar surface area (TPSA) is 37.3 Å². The van der Waals surface area contributed by atoms with Crippen molar-refractivity contribution < 1.29 is 9.32 Å². The lowest BCUT2D eigenvalue weighted by molar-refractivity contribution is 0.158. The van der Waals surface area contributed by atoms with Gasteiger partial charge in [0.05, 0.1) is 22.7 Å². The maximum absolute atomic E-state index is 12.3. The molecule has 0 amide bonds. The molecule has 3 heteroatoms. The molecule has 24 heavy (non-hydrogen) atoms. The van der Waals surface area contributed by atoms with Crippen LogP contribution in [0.25, 0.3) is 0 Å². The van der Waals surface area contributed by atoms with Gasteiger partial charge in [-0.2, -0.15) is 0 Å². The van der Waals surface area contributed by atoms with Gasteiger partial charge in [-0.15, -0.1) is 0 Å². The average molecular weight is 353 g/mol. The first-order valence-electron chi connectivity index (χ1n) is 9.44. The summed E-state index contributed by atoms with van der Waals surface area (Å²) in [5, 5.41) is 10.3. The Morgan fingerprint density at radius 2 is 1.50 bits per heavy atom. The molecule has 2 nitrogen and oxygen atoms in total. The van der Waals surface area contributed by atoms with Crippen molar-refractivity contribution in [3.63, 3.8) is 0 Å². The van der Waals surface area contributed by atoms with Crippen molar-refractivity contribution in [2.75, 3.05) is 5.75 Å². The molecule has 0 saturated heterocycles. The molecule has 0 aliphatic carbocycles. The smallest absolute Gasteiger partial charge is 0.0661 e. The Kier molecular flexibility index (Phi) is 9.84. The quantitative estimate of drug-likeness (QED) is 0.583. The van der Waals surface area contributed by atoms with Crippen molar-refractivity contribution in [3.05, 3.63) is 29.8 Å². The minimum Gasteiger partial charge on any atom is -0.392 e. The van der Waals surface area contributed by atoms with E-state index < -0.39 is 16.9 Å². The summed E-state index contributed by atoms with van der Waals surface area (Å²) in [5.74, 6) is 2.29. The predicted molar refractivity (Wildman–Crippen MR) is 105 cm³/mol. The monoisotopic (exact) mass is 352 g/mol. The highest BCUT2D eigenvalue weighted by molar-refractivity contribution is 7.85. The normalized spacial score (nSPS) is 17.9. The Bertz CT molecular complexity index is 483. The van der Waals surface area contributed by atoms with Gasteiger partial charge in [-0.1, -0.05) is 58.2 Å². The zero-order valence-electron chi connectivity index (χ0n) is 16.1. The van der Waals surface area contributed by atoms with Crippen LogP contribution >= 0.6 is 0 Å². The van der Waals surface area contributed by atoms with Crippen LogP contribution in [0, 0.1) is 24.7 Å². The van der Waals surface area contributed by atoms with Gasteiger partial charge in [0.15, 0.2) is 0 Å². The van der Waals surface area contributed by atoms with E-state index in [0.29, 0.717) is 17.6 Å². The van der Waals surface area contributed by atoms with Crippen LogP contribution in [0.15, 0.2) is 29.2 Å². The molecule has 5 atom stereocenters. The van der Waals surface area contributed by atoms with E-state index in [4.69, 9.17) is 0 Å². The highest BCUT2D eigenvalue weighted by atomic mass is 32.2. The number of hydrogen-bond acceptors (Lipinski definition) is 2. The lowest BCUT2D eigenvalue weighted by Crippen LogP contribution is -2.21. The molecule has 0 unspecified atom stereocenters. The molecule has 1 aromatic rings. The van der Waals surface area contributed by atoms with Gasteiger partial charge in [-0.05, 0) is 56.1 Å². The number of aliphatic hydroxyl groups is 1. The third kappa shape index (κ3) is 8.43. The number of rotatable bonds is 11. The Morgan fingerprint density at radius 1 is 0.958 bits per heavy atom.